The van der Waals surface area contributed by atoms with E-state index < -0.39 is 0 Å². The van der Waals surface area contributed by atoms with E-state index in [2.05, 4.69) is 169 Å². The number of pyridine rings is 1. The van der Waals surface area contributed by atoms with Crippen LogP contribution in [0, 0.1) is 12.1 Å². The molecule has 0 N–H and O–H groups in total. The van der Waals surface area contributed by atoms with E-state index in [0.29, 0.717) is 11.5 Å². The van der Waals surface area contributed by atoms with Gasteiger partial charge in [-0.15, -0.1) is 23.6 Å². The fourth-order valence-electron chi connectivity index (χ4n) is 7.61. The number of hydrogen-bond donors (Lipinski definition) is 0. The van der Waals surface area contributed by atoms with E-state index in [1.54, 1.807) is 0 Å². The summed E-state index contributed by atoms with van der Waals surface area (Å²) in [7, 11) is 0. The number of nitrogens with zero attached hydrogens (tertiary/aromatic N) is 4. The molecular weight excluding hydrogens is 844 g/mol. The minimum Gasteiger partial charge on any atom is -0.509 e. The molecule has 3 heterocycles. The zero-order valence-corrected chi connectivity index (χ0v) is 33.5. The van der Waals surface area contributed by atoms with Crippen molar-refractivity contribution in [1.29, 1.82) is 0 Å². The fourth-order valence-corrected chi connectivity index (χ4v) is 7.61. The van der Waals surface area contributed by atoms with Crippen molar-refractivity contribution in [2.45, 2.75) is 52.4 Å². The minimum absolute atomic E-state index is 0. The quantitative estimate of drug-likeness (QED) is 0.127. The van der Waals surface area contributed by atoms with Crippen LogP contribution >= 0.6 is 0 Å². The monoisotopic (exact) mass is 883 g/mol. The summed E-state index contributed by atoms with van der Waals surface area (Å²) in [6.07, 6.45) is 1.82. The van der Waals surface area contributed by atoms with Crippen LogP contribution in [0.2, 0.25) is 0 Å². The molecule has 1 aliphatic rings. The van der Waals surface area contributed by atoms with Crippen LogP contribution in [-0.4, -0.2) is 15.6 Å². The topological polar surface area (TPSA) is 33.1 Å². The van der Waals surface area contributed by atoms with Gasteiger partial charge in [-0.3, -0.25) is 0 Å². The van der Waals surface area contributed by atoms with Crippen LogP contribution < -0.4 is 13.9 Å². The van der Waals surface area contributed by atoms with Gasteiger partial charge in [0.15, 0.2) is 0 Å². The summed E-state index contributed by atoms with van der Waals surface area (Å²) in [5.74, 6) is 2.02. The molecule has 0 bridgehead atoms. The zero-order valence-electron chi connectivity index (χ0n) is 31.2. The molecule has 0 radical (unpaired) electrons. The van der Waals surface area contributed by atoms with Crippen molar-refractivity contribution in [3.63, 3.8) is 0 Å². The molecule has 0 aliphatic carbocycles. The van der Waals surface area contributed by atoms with Crippen LogP contribution in [0.3, 0.4) is 0 Å². The Bertz CT molecular complexity index is 2780. The van der Waals surface area contributed by atoms with Crippen molar-refractivity contribution in [1.82, 2.24) is 18.7 Å². The van der Waals surface area contributed by atoms with Crippen LogP contribution in [0.25, 0.3) is 38.4 Å². The maximum Gasteiger partial charge on any atom is 2.00 e. The molecule has 0 fully saturated rings. The molecule has 6 aromatic carbocycles. The first-order chi connectivity index (χ1) is 25.6. The Kier molecular flexibility index (Phi) is 8.76. The summed E-state index contributed by atoms with van der Waals surface area (Å²) in [6, 6.07) is 55.1. The van der Waals surface area contributed by atoms with Gasteiger partial charge in [0.1, 0.15) is 11.5 Å². The van der Waals surface area contributed by atoms with Crippen molar-refractivity contribution in [2.75, 3.05) is 0 Å². The molecule has 6 heteroatoms. The van der Waals surface area contributed by atoms with Crippen LogP contribution in [-0.2, 0) is 31.9 Å². The predicted octanol–water partition coefficient (Wildman–Crippen LogP) is 12.2. The normalized spacial score (nSPS) is 12.8. The molecule has 0 amide bonds. The third-order valence-electron chi connectivity index (χ3n) is 10.1. The first-order valence-corrected chi connectivity index (χ1v) is 18.2. The van der Waals surface area contributed by atoms with E-state index in [9.17, 15) is 0 Å². The summed E-state index contributed by atoms with van der Waals surface area (Å²) < 4.78 is 13.1. The average molecular weight is 884 g/mol. The number of ether oxygens (including phenoxy) is 1. The Morgan fingerprint density at radius 1 is 0.593 bits per heavy atom. The molecule has 8 aromatic rings. The Labute approximate surface area is 330 Å². The fraction of sp³-hybridized carbons (Fsp3) is 0.167. The second-order valence-corrected chi connectivity index (χ2v) is 15.8. The Morgan fingerprint density at radius 2 is 1.28 bits per heavy atom. The van der Waals surface area contributed by atoms with Gasteiger partial charge in [0.2, 0.25) is 5.69 Å². The third-order valence-corrected chi connectivity index (χ3v) is 10.1. The van der Waals surface area contributed by atoms with Gasteiger partial charge >= 0.3 is 32.8 Å². The third kappa shape index (κ3) is 5.99. The van der Waals surface area contributed by atoms with E-state index in [0.717, 1.165) is 44.7 Å². The second-order valence-electron chi connectivity index (χ2n) is 15.8. The van der Waals surface area contributed by atoms with Crippen molar-refractivity contribution >= 4 is 61.3 Å². The molecule has 266 valence electrons. The standard InChI is InChI=1S/C48H40N4O.Pt/c1-47(2,3)39-20-14-21-40(48(4,5)6)46(39)51-31-50(42-27-24-32-15-7-8-18-36(32)45(42)51)33-16-13-17-34(29-33)53-35-25-26-38-37-19-9-10-22-41(37)52(43(38)30-35)44-23-11-12-28-49-44;/h7-28H,1-6H3;/q;+2. The van der Waals surface area contributed by atoms with E-state index in [4.69, 9.17) is 4.74 Å². The van der Waals surface area contributed by atoms with Gasteiger partial charge in [-0.05, 0) is 56.5 Å². The molecule has 0 saturated carbocycles. The SMILES string of the molecule is CC(C)(C)c1cccc(C(C)(C)C)c1[N+]1=C=[N+](c2[c-]c(Oc3[c-]c4c(cc3)c3ccccc3n4-c3ccccn3)ccc2)c2ccc3ccccc3c21.[Pt+2]. The molecular formula is C48H40N4OPt+2. The van der Waals surface area contributed by atoms with E-state index >= 15 is 0 Å². The minimum atomic E-state index is -0.101. The van der Waals surface area contributed by atoms with Gasteiger partial charge in [-0.25, -0.2) is 4.98 Å². The molecule has 2 aromatic heterocycles. The van der Waals surface area contributed by atoms with Crippen LogP contribution in [0.5, 0.6) is 11.5 Å². The number of benzene rings is 6. The second kappa shape index (κ2) is 13.4. The van der Waals surface area contributed by atoms with Crippen molar-refractivity contribution < 1.29 is 25.8 Å². The predicted molar refractivity (Wildman–Crippen MR) is 218 cm³/mol. The smallest absolute Gasteiger partial charge is 0.509 e. The van der Waals surface area contributed by atoms with Crippen molar-refractivity contribution in [2.24, 2.45) is 0 Å². The molecule has 54 heavy (non-hydrogen) atoms. The Morgan fingerprint density at radius 3 is 2.02 bits per heavy atom. The number of rotatable bonds is 5. The van der Waals surface area contributed by atoms with Crippen molar-refractivity contribution in [3.05, 3.63) is 157 Å². The summed E-state index contributed by atoms with van der Waals surface area (Å²) >= 11 is 0. The van der Waals surface area contributed by atoms with Gasteiger partial charge in [-0.1, -0.05) is 124 Å². The van der Waals surface area contributed by atoms with E-state index in [1.165, 1.54) is 27.6 Å². The first-order valence-electron chi connectivity index (χ1n) is 18.2. The molecule has 5 nitrogen and oxygen atoms in total. The zero-order chi connectivity index (χ0) is 36.5. The van der Waals surface area contributed by atoms with E-state index in [1.807, 2.05) is 42.6 Å². The number of hydrogen-bond acceptors (Lipinski definition) is 2. The molecule has 0 spiro atoms. The van der Waals surface area contributed by atoms with Crippen LogP contribution in [0.15, 0.2) is 134 Å². The van der Waals surface area contributed by atoms with Crippen LogP contribution in [0.1, 0.15) is 52.7 Å². The maximum absolute atomic E-state index is 6.56. The van der Waals surface area contributed by atoms with E-state index in [-0.39, 0.29) is 31.9 Å². The van der Waals surface area contributed by atoms with Gasteiger partial charge in [0, 0.05) is 40.4 Å². The molecule has 0 unspecified atom stereocenters. The number of aromatic nitrogens is 2. The molecule has 0 saturated heterocycles. The Balaban J connectivity index is 0.00000413. The number of fused-ring (bicyclic) bond motifs is 6. The van der Waals surface area contributed by atoms with Gasteiger partial charge < -0.3 is 9.30 Å². The van der Waals surface area contributed by atoms with Gasteiger partial charge in [0.05, 0.1) is 5.39 Å². The largest absolute Gasteiger partial charge is 2.00 e. The summed E-state index contributed by atoms with van der Waals surface area (Å²) in [5, 5.41) is 4.58. The Hall–Kier alpha value is -5.60. The summed E-state index contributed by atoms with van der Waals surface area (Å²) in [6.45, 7) is 13.7. The summed E-state index contributed by atoms with van der Waals surface area (Å²) in [4.78, 5) is 4.67. The van der Waals surface area contributed by atoms with Crippen LogP contribution in [0.4, 0.5) is 22.7 Å². The first kappa shape index (κ1) is 35.4. The molecule has 1 aliphatic heterocycles. The average Bonchev–Trinajstić information content (AvgIpc) is 3.71. The van der Waals surface area contributed by atoms with Gasteiger partial charge in [-0.2, -0.15) is 12.1 Å². The summed E-state index contributed by atoms with van der Waals surface area (Å²) in [5.41, 5.74) is 8.46. The molecule has 9 rings (SSSR count). The van der Waals surface area contributed by atoms with Gasteiger partial charge in [0.25, 0.3) is 5.69 Å². The molecule has 0 atom stereocenters. The maximum atomic E-state index is 6.56. The van der Waals surface area contributed by atoms with Crippen molar-refractivity contribution in [3.8, 4) is 17.3 Å². The number of para-hydroxylation sites is 2.